The average molecular weight is 518 g/mol. The molecule has 2 atom stereocenters. The fraction of sp³-hybridized carbons (Fsp3) is 0.346. The van der Waals surface area contributed by atoms with Crippen molar-refractivity contribution < 1.29 is 27.5 Å². The molecule has 35 heavy (non-hydrogen) atoms. The van der Waals surface area contributed by atoms with E-state index in [1.807, 2.05) is 35.2 Å². The molecule has 7 nitrogen and oxygen atoms in total. The second kappa shape index (κ2) is 11.0. The maximum Gasteiger partial charge on any atom is 0.163 e. The van der Waals surface area contributed by atoms with Crippen LogP contribution in [0.4, 0.5) is 0 Å². The van der Waals surface area contributed by atoms with E-state index in [1.54, 1.807) is 30.3 Å². The van der Waals surface area contributed by atoms with Gasteiger partial charge in [0.25, 0.3) is 0 Å². The number of Topliss-reactive ketones (excluding diaryl/α,β-unsaturated/α-hetero) is 1. The zero-order chi connectivity index (χ0) is 25.0. The highest BCUT2D eigenvalue weighted by Gasteiger charge is 2.33. The van der Waals surface area contributed by atoms with Crippen molar-refractivity contribution in [3.8, 4) is 17.1 Å². The van der Waals surface area contributed by atoms with E-state index >= 15 is 0 Å². The van der Waals surface area contributed by atoms with E-state index in [4.69, 9.17) is 20.8 Å². The number of hydrogen-bond acceptors (Lipinski definition) is 7. The molecule has 0 radical (unpaired) electrons. The molecule has 2 unspecified atom stereocenters. The van der Waals surface area contributed by atoms with Gasteiger partial charge in [-0.25, -0.2) is 8.42 Å². The van der Waals surface area contributed by atoms with E-state index in [0.29, 0.717) is 40.8 Å². The minimum atomic E-state index is -3.12. The highest BCUT2D eigenvalue weighted by Crippen LogP contribution is 2.27. The number of carbonyl (C=O) groups is 1. The van der Waals surface area contributed by atoms with Crippen molar-refractivity contribution in [2.75, 3.05) is 24.7 Å². The Labute approximate surface area is 210 Å². The molecule has 0 bridgehead atoms. The lowest BCUT2D eigenvalue weighted by Gasteiger charge is -2.29. The number of ether oxygens (including phenoxy) is 1. The van der Waals surface area contributed by atoms with Crippen LogP contribution in [0.25, 0.3) is 11.3 Å². The number of nitrogens with zero attached hydrogens (tertiary/aromatic N) is 1. The topological polar surface area (TPSA) is 97.1 Å². The number of furan rings is 1. The summed E-state index contributed by atoms with van der Waals surface area (Å²) in [5.41, 5.74) is 1.29. The monoisotopic (exact) mass is 517 g/mol. The van der Waals surface area contributed by atoms with Crippen LogP contribution in [0, 0.1) is 0 Å². The molecule has 3 aromatic rings. The maximum absolute atomic E-state index is 12.1. The van der Waals surface area contributed by atoms with Gasteiger partial charge in [0.2, 0.25) is 0 Å². The first-order chi connectivity index (χ1) is 16.7. The fourth-order valence-electron chi connectivity index (χ4n) is 4.26. The standard InChI is InChI=1S/C26H28ClNO6S/c1-18(29)24-7-2-3-8-26(24)33-16-22(30)14-28(21-11-12-35(31,32)17-21)15-23-9-10-25(34-23)19-5-4-6-20(27)13-19/h2-10,13,21-22,30H,11-12,14-17H2,1H3. The zero-order valence-electron chi connectivity index (χ0n) is 19.4. The third kappa shape index (κ3) is 6.73. The van der Waals surface area contributed by atoms with Gasteiger partial charge in [0.1, 0.15) is 30.0 Å². The first-order valence-electron chi connectivity index (χ1n) is 11.4. The Balaban J connectivity index is 1.46. The van der Waals surface area contributed by atoms with Crippen LogP contribution in [-0.2, 0) is 16.4 Å². The molecule has 9 heteroatoms. The van der Waals surface area contributed by atoms with Crippen LogP contribution in [0.3, 0.4) is 0 Å². The number of carbonyl (C=O) groups excluding carboxylic acids is 1. The summed E-state index contributed by atoms with van der Waals surface area (Å²) >= 11 is 6.09. The van der Waals surface area contributed by atoms with Crippen molar-refractivity contribution in [3.05, 3.63) is 77.0 Å². The summed E-state index contributed by atoms with van der Waals surface area (Å²) in [5.74, 6) is 1.76. The fourth-order valence-corrected chi connectivity index (χ4v) is 6.21. The van der Waals surface area contributed by atoms with Crippen LogP contribution in [-0.4, -0.2) is 61.0 Å². The molecule has 186 valence electrons. The first kappa shape index (κ1) is 25.4. The van der Waals surface area contributed by atoms with Gasteiger partial charge in [-0.15, -0.1) is 0 Å². The number of aliphatic hydroxyl groups is 1. The first-order valence-corrected chi connectivity index (χ1v) is 13.6. The van der Waals surface area contributed by atoms with Crippen LogP contribution < -0.4 is 4.74 Å². The predicted octanol–water partition coefficient (Wildman–Crippen LogP) is 4.23. The van der Waals surface area contributed by atoms with Gasteiger partial charge < -0.3 is 14.3 Å². The van der Waals surface area contributed by atoms with E-state index < -0.39 is 15.9 Å². The van der Waals surface area contributed by atoms with Gasteiger partial charge in [-0.1, -0.05) is 35.9 Å². The Bertz CT molecular complexity index is 1290. The van der Waals surface area contributed by atoms with Crippen molar-refractivity contribution in [2.45, 2.75) is 32.0 Å². The van der Waals surface area contributed by atoms with Crippen molar-refractivity contribution >= 4 is 27.2 Å². The quantitative estimate of drug-likeness (QED) is 0.402. The van der Waals surface area contributed by atoms with E-state index in [1.165, 1.54) is 6.92 Å². The molecular formula is C26H28ClNO6S. The molecule has 0 spiro atoms. The van der Waals surface area contributed by atoms with E-state index in [2.05, 4.69) is 0 Å². The molecule has 1 aromatic heterocycles. The van der Waals surface area contributed by atoms with Gasteiger partial charge in [0.05, 0.1) is 23.6 Å². The second-order valence-corrected chi connectivity index (χ2v) is 11.4. The third-order valence-electron chi connectivity index (χ3n) is 6.00. The largest absolute Gasteiger partial charge is 0.490 e. The van der Waals surface area contributed by atoms with Gasteiger partial charge in [-0.3, -0.25) is 9.69 Å². The Hall–Kier alpha value is -2.65. The van der Waals surface area contributed by atoms with Gasteiger partial charge in [-0.05, 0) is 49.7 Å². The Kier molecular flexibility index (Phi) is 7.96. The predicted molar refractivity (Wildman–Crippen MR) is 135 cm³/mol. The number of benzene rings is 2. The Morgan fingerprint density at radius 1 is 1.20 bits per heavy atom. The lowest BCUT2D eigenvalue weighted by Crippen LogP contribution is -2.42. The number of sulfone groups is 1. The number of hydrogen-bond donors (Lipinski definition) is 1. The summed E-state index contributed by atoms with van der Waals surface area (Å²) in [4.78, 5) is 13.8. The SMILES string of the molecule is CC(=O)c1ccccc1OCC(O)CN(Cc1ccc(-c2cccc(Cl)c2)o1)C1CCS(=O)(=O)C1. The van der Waals surface area contributed by atoms with Crippen molar-refractivity contribution in [1.82, 2.24) is 4.90 Å². The second-order valence-electron chi connectivity index (χ2n) is 8.78. The van der Waals surface area contributed by atoms with Gasteiger partial charge in [0, 0.05) is 23.2 Å². The zero-order valence-corrected chi connectivity index (χ0v) is 21.0. The van der Waals surface area contributed by atoms with E-state index in [0.717, 1.165) is 5.56 Å². The minimum absolute atomic E-state index is 0.0355. The van der Waals surface area contributed by atoms with Gasteiger partial charge >= 0.3 is 0 Å². The molecule has 2 heterocycles. The summed E-state index contributed by atoms with van der Waals surface area (Å²) in [6.45, 7) is 1.95. The minimum Gasteiger partial charge on any atom is -0.490 e. The maximum atomic E-state index is 12.1. The molecule has 2 aromatic carbocycles. The number of para-hydroxylation sites is 1. The lowest BCUT2D eigenvalue weighted by atomic mass is 10.1. The molecule has 0 saturated carbocycles. The number of ketones is 1. The number of aliphatic hydroxyl groups excluding tert-OH is 1. The van der Waals surface area contributed by atoms with Crippen LogP contribution in [0.15, 0.2) is 65.1 Å². The summed E-state index contributed by atoms with van der Waals surface area (Å²) in [7, 11) is -3.12. The molecule has 1 N–H and O–H groups in total. The van der Waals surface area contributed by atoms with Crippen molar-refractivity contribution in [2.24, 2.45) is 0 Å². The normalized spacial score (nSPS) is 18.0. The van der Waals surface area contributed by atoms with Crippen LogP contribution in [0.5, 0.6) is 5.75 Å². The van der Waals surface area contributed by atoms with Crippen LogP contribution in [0.1, 0.15) is 29.5 Å². The Morgan fingerprint density at radius 2 is 2.00 bits per heavy atom. The molecule has 1 fully saturated rings. The number of halogens is 1. The van der Waals surface area contributed by atoms with E-state index in [9.17, 15) is 18.3 Å². The van der Waals surface area contributed by atoms with Crippen LogP contribution >= 0.6 is 11.6 Å². The van der Waals surface area contributed by atoms with Gasteiger partial charge in [0.15, 0.2) is 15.6 Å². The number of rotatable bonds is 10. The molecule has 0 amide bonds. The van der Waals surface area contributed by atoms with Crippen molar-refractivity contribution in [3.63, 3.8) is 0 Å². The summed E-state index contributed by atoms with van der Waals surface area (Å²) in [5, 5.41) is 11.4. The molecule has 4 rings (SSSR count). The molecule has 0 aliphatic carbocycles. The van der Waals surface area contributed by atoms with Gasteiger partial charge in [-0.2, -0.15) is 0 Å². The summed E-state index contributed by atoms with van der Waals surface area (Å²) in [6.07, 6.45) is -0.411. The molecule has 1 saturated heterocycles. The Morgan fingerprint density at radius 3 is 2.71 bits per heavy atom. The smallest absolute Gasteiger partial charge is 0.163 e. The average Bonchev–Trinajstić information content (AvgIpc) is 3.43. The van der Waals surface area contributed by atoms with Crippen LogP contribution in [0.2, 0.25) is 5.02 Å². The molecular weight excluding hydrogens is 490 g/mol. The highest BCUT2D eigenvalue weighted by atomic mass is 35.5. The van der Waals surface area contributed by atoms with Crippen molar-refractivity contribution in [1.29, 1.82) is 0 Å². The highest BCUT2D eigenvalue weighted by molar-refractivity contribution is 7.91. The van der Waals surface area contributed by atoms with E-state index in [-0.39, 0.29) is 36.5 Å². The summed E-state index contributed by atoms with van der Waals surface area (Å²) in [6, 6.07) is 17.7. The lowest BCUT2D eigenvalue weighted by molar-refractivity contribution is 0.0494. The molecule has 1 aliphatic rings. The summed E-state index contributed by atoms with van der Waals surface area (Å²) < 4.78 is 36.0. The third-order valence-corrected chi connectivity index (χ3v) is 7.98. The molecule has 1 aliphatic heterocycles.